The van der Waals surface area contributed by atoms with Crippen LogP contribution in [0.2, 0.25) is 0 Å². The highest BCUT2D eigenvalue weighted by atomic mass is 16.2. The first kappa shape index (κ1) is 22.8. The molecule has 0 saturated heterocycles. The predicted molar refractivity (Wildman–Crippen MR) is 128 cm³/mol. The van der Waals surface area contributed by atoms with Crippen molar-refractivity contribution < 1.29 is 4.79 Å². The van der Waals surface area contributed by atoms with Gasteiger partial charge in [-0.05, 0) is 61.6 Å². The number of urea groups is 1. The molecule has 0 spiro atoms. The number of nitrogens with one attached hydrogen (secondary N) is 3. The van der Waals surface area contributed by atoms with Gasteiger partial charge in [0.15, 0.2) is 0 Å². The molecule has 1 saturated carbocycles. The van der Waals surface area contributed by atoms with E-state index in [0.29, 0.717) is 30.4 Å². The van der Waals surface area contributed by atoms with E-state index in [4.69, 9.17) is 0 Å². The number of anilines is 3. The summed E-state index contributed by atoms with van der Waals surface area (Å²) in [5.74, 6) is 2.45. The van der Waals surface area contributed by atoms with Gasteiger partial charge in [0.05, 0.1) is 0 Å². The summed E-state index contributed by atoms with van der Waals surface area (Å²) >= 11 is 0. The molecule has 2 aromatic rings. The van der Waals surface area contributed by atoms with Crippen LogP contribution in [0.15, 0.2) is 30.5 Å². The summed E-state index contributed by atoms with van der Waals surface area (Å²) < 4.78 is 0. The first-order valence-corrected chi connectivity index (χ1v) is 11.2. The minimum absolute atomic E-state index is 0.120. The Morgan fingerprint density at radius 3 is 2.58 bits per heavy atom. The normalized spacial score (nSPS) is 18.5. The summed E-state index contributed by atoms with van der Waals surface area (Å²) in [5, 5.41) is 9.62. The largest absolute Gasteiger partial charge is 0.363 e. The number of rotatable bonds is 7. The average molecular weight is 425 g/mol. The van der Waals surface area contributed by atoms with Crippen molar-refractivity contribution in [3.05, 3.63) is 41.6 Å². The van der Waals surface area contributed by atoms with Crippen molar-refractivity contribution >= 4 is 23.5 Å². The maximum Gasteiger partial charge on any atom is 0.319 e. The number of amides is 2. The van der Waals surface area contributed by atoms with Crippen molar-refractivity contribution in [2.45, 2.75) is 58.4 Å². The van der Waals surface area contributed by atoms with E-state index < -0.39 is 0 Å². The average Bonchev–Trinajstić information content (AvgIpc) is 2.74. The zero-order chi connectivity index (χ0) is 22.4. The van der Waals surface area contributed by atoms with Crippen LogP contribution >= 0.6 is 0 Å². The molecule has 168 valence electrons. The van der Waals surface area contributed by atoms with Crippen LogP contribution in [0.5, 0.6) is 0 Å². The lowest BCUT2D eigenvalue weighted by Crippen LogP contribution is -2.36. The number of para-hydroxylation sites is 1. The number of benzene rings is 1. The Kier molecular flexibility index (Phi) is 7.71. The molecular formula is C24H36N6O. The Bertz CT molecular complexity index is 874. The van der Waals surface area contributed by atoms with E-state index in [-0.39, 0.29) is 6.03 Å². The lowest BCUT2D eigenvalue weighted by Gasteiger charge is -2.29. The molecule has 0 atom stereocenters. The first-order chi connectivity index (χ1) is 14.8. The van der Waals surface area contributed by atoms with Crippen LogP contribution in [0.25, 0.3) is 0 Å². The molecule has 1 aromatic heterocycles. The lowest BCUT2D eigenvalue weighted by atomic mass is 9.86. The quantitative estimate of drug-likeness (QED) is 0.597. The fourth-order valence-corrected chi connectivity index (χ4v) is 4.10. The third-order valence-electron chi connectivity index (χ3n) is 6.00. The van der Waals surface area contributed by atoms with Crippen molar-refractivity contribution in [2.75, 3.05) is 36.2 Å². The SMILES string of the molecule is Cc1cccc(C(C)C)c1NC(=O)NCC1CCC(Nc2nccc(N(C)C)n2)CC1. The molecule has 1 aliphatic carbocycles. The van der Waals surface area contributed by atoms with Gasteiger partial charge in [0.1, 0.15) is 5.82 Å². The van der Waals surface area contributed by atoms with Gasteiger partial charge in [-0.15, -0.1) is 0 Å². The van der Waals surface area contributed by atoms with E-state index in [1.165, 1.54) is 5.56 Å². The van der Waals surface area contributed by atoms with Crippen LogP contribution in [-0.2, 0) is 0 Å². The van der Waals surface area contributed by atoms with Gasteiger partial charge in [-0.3, -0.25) is 0 Å². The van der Waals surface area contributed by atoms with Gasteiger partial charge < -0.3 is 20.9 Å². The van der Waals surface area contributed by atoms with E-state index in [2.05, 4.69) is 45.8 Å². The van der Waals surface area contributed by atoms with E-state index in [9.17, 15) is 4.79 Å². The molecule has 0 bridgehead atoms. The molecule has 3 rings (SSSR count). The Morgan fingerprint density at radius 1 is 1.16 bits per heavy atom. The highest BCUT2D eigenvalue weighted by Crippen LogP contribution is 2.28. The zero-order valence-corrected chi connectivity index (χ0v) is 19.4. The number of carbonyl (C=O) groups is 1. The van der Waals surface area contributed by atoms with Crippen LogP contribution in [0, 0.1) is 12.8 Å². The van der Waals surface area contributed by atoms with Crippen LogP contribution in [0.3, 0.4) is 0 Å². The van der Waals surface area contributed by atoms with Gasteiger partial charge >= 0.3 is 6.03 Å². The highest BCUT2D eigenvalue weighted by Gasteiger charge is 2.22. The van der Waals surface area contributed by atoms with Crippen molar-refractivity contribution in [3.8, 4) is 0 Å². The van der Waals surface area contributed by atoms with Crippen LogP contribution in [-0.4, -0.2) is 42.7 Å². The molecule has 31 heavy (non-hydrogen) atoms. The minimum atomic E-state index is -0.120. The maximum absolute atomic E-state index is 12.5. The van der Waals surface area contributed by atoms with Crippen LogP contribution < -0.4 is 20.9 Å². The monoisotopic (exact) mass is 424 g/mol. The molecule has 1 aliphatic rings. The summed E-state index contributed by atoms with van der Waals surface area (Å²) in [4.78, 5) is 23.4. The fourth-order valence-electron chi connectivity index (χ4n) is 4.10. The molecule has 0 aliphatic heterocycles. The fraction of sp³-hybridized carbons (Fsp3) is 0.542. The summed E-state index contributed by atoms with van der Waals surface area (Å²) in [7, 11) is 3.95. The second-order valence-electron chi connectivity index (χ2n) is 9.02. The predicted octanol–water partition coefficient (Wildman–Crippen LogP) is 4.77. The molecule has 1 fully saturated rings. The van der Waals surface area contributed by atoms with E-state index >= 15 is 0 Å². The molecule has 1 heterocycles. The molecule has 0 radical (unpaired) electrons. The molecule has 7 nitrogen and oxygen atoms in total. The van der Waals surface area contributed by atoms with Crippen LogP contribution in [0.4, 0.5) is 22.2 Å². The summed E-state index contributed by atoms with van der Waals surface area (Å²) in [5.41, 5.74) is 3.19. The number of hydrogen-bond acceptors (Lipinski definition) is 5. The number of aryl methyl sites for hydroxylation is 1. The van der Waals surface area contributed by atoms with Gasteiger partial charge in [-0.1, -0.05) is 32.0 Å². The Hall–Kier alpha value is -2.83. The molecule has 3 N–H and O–H groups in total. The smallest absolute Gasteiger partial charge is 0.319 e. The third-order valence-corrected chi connectivity index (χ3v) is 6.00. The lowest BCUT2D eigenvalue weighted by molar-refractivity contribution is 0.246. The van der Waals surface area contributed by atoms with Crippen molar-refractivity contribution in [3.63, 3.8) is 0 Å². The standard InChI is InChI=1S/C24H36N6O/c1-16(2)20-8-6-7-17(3)22(20)29-24(31)26-15-18-9-11-19(12-10-18)27-23-25-14-13-21(28-23)30(4)5/h6-8,13-14,16,18-19H,9-12,15H2,1-5H3,(H,25,27,28)(H2,26,29,31). The molecule has 0 unspecified atom stereocenters. The Balaban J connectivity index is 1.44. The number of aromatic nitrogens is 2. The molecule has 2 amide bonds. The topological polar surface area (TPSA) is 82.2 Å². The number of carbonyl (C=O) groups excluding carboxylic acids is 1. The van der Waals surface area contributed by atoms with Crippen molar-refractivity contribution in [1.29, 1.82) is 0 Å². The zero-order valence-electron chi connectivity index (χ0n) is 19.4. The van der Waals surface area contributed by atoms with E-state index in [1.807, 2.05) is 44.1 Å². The van der Waals surface area contributed by atoms with E-state index in [0.717, 1.165) is 42.8 Å². The minimum Gasteiger partial charge on any atom is -0.363 e. The third kappa shape index (κ3) is 6.32. The second kappa shape index (κ2) is 10.5. The molecule has 1 aromatic carbocycles. The second-order valence-corrected chi connectivity index (χ2v) is 9.02. The van der Waals surface area contributed by atoms with Gasteiger partial charge in [-0.2, -0.15) is 4.98 Å². The first-order valence-electron chi connectivity index (χ1n) is 11.2. The summed E-state index contributed by atoms with van der Waals surface area (Å²) in [6, 6.07) is 8.32. The van der Waals surface area contributed by atoms with Gasteiger partial charge in [-0.25, -0.2) is 9.78 Å². The number of nitrogens with zero attached hydrogens (tertiary/aromatic N) is 3. The number of hydrogen-bond donors (Lipinski definition) is 3. The van der Waals surface area contributed by atoms with E-state index in [1.54, 1.807) is 6.20 Å². The van der Waals surface area contributed by atoms with Crippen molar-refractivity contribution in [2.24, 2.45) is 5.92 Å². The Morgan fingerprint density at radius 2 is 1.90 bits per heavy atom. The summed E-state index contributed by atoms with van der Waals surface area (Å²) in [6.45, 7) is 7.03. The van der Waals surface area contributed by atoms with Gasteiger partial charge in [0.25, 0.3) is 0 Å². The highest BCUT2D eigenvalue weighted by molar-refractivity contribution is 5.91. The van der Waals surface area contributed by atoms with Gasteiger partial charge in [0, 0.05) is 38.6 Å². The summed E-state index contributed by atoms with van der Waals surface area (Å²) in [6.07, 6.45) is 6.05. The van der Waals surface area contributed by atoms with Gasteiger partial charge in [0.2, 0.25) is 5.95 Å². The maximum atomic E-state index is 12.5. The molecule has 7 heteroatoms. The molecular weight excluding hydrogens is 388 g/mol. The Labute approximate surface area is 186 Å². The van der Waals surface area contributed by atoms with Crippen molar-refractivity contribution in [1.82, 2.24) is 15.3 Å². The van der Waals surface area contributed by atoms with Crippen LogP contribution in [0.1, 0.15) is 56.6 Å².